The van der Waals surface area contributed by atoms with Gasteiger partial charge in [-0.3, -0.25) is 9.59 Å². The van der Waals surface area contributed by atoms with E-state index in [0.717, 1.165) is 19.3 Å². The van der Waals surface area contributed by atoms with E-state index in [2.05, 4.69) is 4.74 Å². The fraction of sp³-hybridized carbons (Fsp3) is 0.429. The molecule has 1 aliphatic carbocycles. The first-order valence-corrected chi connectivity index (χ1v) is 5.87. The second kappa shape index (κ2) is 4.70. The Morgan fingerprint density at radius 2 is 1.94 bits per heavy atom. The third-order valence-corrected chi connectivity index (χ3v) is 3.33. The molecular weight excluding hydrogens is 216 g/mol. The summed E-state index contributed by atoms with van der Waals surface area (Å²) >= 11 is 0. The van der Waals surface area contributed by atoms with Crippen molar-refractivity contribution in [1.82, 2.24) is 0 Å². The van der Waals surface area contributed by atoms with Crippen LogP contribution in [0.25, 0.3) is 0 Å². The Hall–Kier alpha value is -1.64. The van der Waals surface area contributed by atoms with Crippen LogP contribution in [0.3, 0.4) is 0 Å². The van der Waals surface area contributed by atoms with Crippen molar-refractivity contribution in [3.63, 3.8) is 0 Å². The number of carbonyl (C=O) groups excluding carboxylic acids is 2. The summed E-state index contributed by atoms with van der Waals surface area (Å²) in [6.45, 7) is 1.58. The molecule has 17 heavy (non-hydrogen) atoms. The lowest BCUT2D eigenvalue weighted by Crippen LogP contribution is -2.22. The van der Waals surface area contributed by atoms with Gasteiger partial charge in [0, 0.05) is 5.56 Å². The maximum Gasteiger partial charge on any atom is 0.316 e. The number of Topliss-reactive ketones (excluding diaryl/α,β-unsaturated/α-hetero) is 1. The van der Waals surface area contributed by atoms with Crippen LogP contribution in [0.15, 0.2) is 18.2 Å². The number of aryl methyl sites for hydroxylation is 2. The first kappa shape index (κ1) is 11.8. The van der Waals surface area contributed by atoms with Gasteiger partial charge in [0.15, 0.2) is 5.78 Å². The fourth-order valence-electron chi connectivity index (χ4n) is 2.26. The molecule has 0 bridgehead atoms. The lowest BCUT2D eigenvalue weighted by molar-refractivity contribution is -0.143. The van der Waals surface area contributed by atoms with E-state index in [0.29, 0.717) is 5.56 Å². The lowest BCUT2D eigenvalue weighted by Gasteiger charge is -2.09. The molecule has 0 radical (unpaired) electrons. The van der Waals surface area contributed by atoms with E-state index in [1.807, 2.05) is 18.2 Å². The van der Waals surface area contributed by atoms with Gasteiger partial charge in [0.2, 0.25) is 0 Å². The molecule has 3 heteroatoms. The zero-order valence-electron chi connectivity index (χ0n) is 10.2. The van der Waals surface area contributed by atoms with Crippen LogP contribution in [0.2, 0.25) is 0 Å². The Morgan fingerprint density at radius 3 is 2.65 bits per heavy atom. The van der Waals surface area contributed by atoms with Crippen LogP contribution in [-0.2, 0) is 22.4 Å². The second-order valence-corrected chi connectivity index (χ2v) is 4.45. The van der Waals surface area contributed by atoms with E-state index in [1.54, 1.807) is 6.92 Å². The van der Waals surface area contributed by atoms with Crippen molar-refractivity contribution >= 4 is 11.8 Å². The maximum atomic E-state index is 12.0. The first-order valence-electron chi connectivity index (χ1n) is 5.87. The van der Waals surface area contributed by atoms with Crippen LogP contribution in [0.5, 0.6) is 0 Å². The summed E-state index contributed by atoms with van der Waals surface area (Å²) in [5.41, 5.74) is 3.18. The highest BCUT2D eigenvalue weighted by Gasteiger charge is 2.24. The molecule has 1 aromatic carbocycles. The SMILES string of the molecule is COC(=O)C(C)C(=O)c1ccc2c(c1)CCC2. The van der Waals surface area contributed by atoms with Crippen molar-refractivity contribution in [3.05, 3.63) is 34.9 Å². The van der Waals surface area contributed by atoms with Crippen LogP contribution in [0, 0.1) is 5.92 Å². The Balaban J connectivity index is 2.23. The fourth-order valence-corrected chi connectivity index (χ4v) is 2.26. The van der Waals surface area contributed by atoms with Crippen LogP contribution < -0.4 is 0 Å². The minimum absolute atomic E-state index is 0.161. The van der Waals surface area contributed by atoms with Gasteiger partial charge in [-0.25, -0.2) is 0 Å². The largest absolute Gasteiger partial charge is 0.468 e. The molecule has 0 heterocycles. The van der Waals surface area contributed by atoms with Crippen molar-refractivity contribution in [3.8, 4) is 0 Å². The van der Waals surface area contributed by atoms with Crippen molar-refractivity contribution in [2.45, 2.75) is 26.2 Å². The molecule has 3 nitrogen and oxygen atoms in total. The first-order chi connectivity index (χ1) is 8.13. The molecule has 0 aromatic heterocycles. The highest BCUT2D eigenvalue weighted by atomic mass is 16.5. The van der Waals surface area contributed by atoms with Crippen LogP contribution in [0.1, 0.15) is 34.8 Å². The standard InChI is InChI=1S/C14H16O3/c1-9(14(16)17-2)13(15)12-7-6-10-4-3-5-11(10)8-12/h6-9H,3-5H2,1-2H3. The van der Waals surface area contributed by atoms with Crippen molar-refractivity contribution in [1.29, 1.82) is 0 Å². The van der Waals surface area contributed by atoms with Gasteiger partial charge in [-0.2, -0.15) is 0 Å². The predicted octanol–water partition coefficient (Wildman–Crippen LogP) is 2.17. The predicted molar refractivity (Wildman–Crippen MR) is 64.0 cm³/mol. The van der Waals surface area contributed by atoms with E-state index < -0.39 is 11.9 Å². The Bertz CT molecular complexity index is 463. The average molecular weight is 232 g/mol. The number of ketones is 1. The minimum atomic E-state index is -0.723. The summed E-state index contributed by atoms with van der Waals surface area (Å²) in [7, 11) is 1.30. The van der Waals surface area contributed by atoms with Crippen LogP contribution in [-0.4, -0.2) is 18.9 Å². The number of fused-ring (bicyclic) bond motifs is 1. The van der Waals surface area contributed by atoms with Gasteiger partial charge in [0.05, 0.1) is 7.11 Å². The smallest absolute Gasteiger partial charge is 0.316 e. The van der Waals surface area contributed by atoms with Gasteiger partial charge in [0.1, 0.15) is 5.92 Å². The summed E-state index contributed by atoms with van der Waals surface area (Å²) in [5, 5.41) is 0. The number of ether oxygens (including phenoxy) is 1. The quantitative estimate of drug-likeness (QED) is 0.455. The number of benzene rings is 1. The zero-order valence-corrected chi connectivity index (χ0v) is 10.2. The molecule has 0 fully saturated rings. The number of methoxy groups -OCH3 is 1. The second-order valence-electron chi connectivity index (χ2n) is 4.45. The molecule has 0 aliphatic heterocycles. The summed E-state index contributed by atoms with van der Waals surface area (Å²) in [6.07, 6.45) is 3.28. The van der Waals surface area contributed by atoms with E-state index in [4.69, 9.17) is 0 Å². The van der Waals surface area contributed by atoms with Gasteiger partial charge >= 0.3 is 5.97 Å². The molecule has 0 saturated carbocycles. The average Bonchev–Trinajstić information content (AvgIpc) is 2.83. The Labute approximate surface area is 101 Å². The third-order valence-electron chi connectivity index (χ3n) is 3.33. The van der Waals surface area contributed by atoms with Gasteiger partial charge in [0.25, 0.3) is 0 Å². The number of hydrogen-bond acceptors (Lipinski definition) is 3. The molecule has 2 rings (SSSR count). The van der Waals surface area contributed by atoms with E-state index in [9.17, 15) is 9.59 Å². The number of esters is 1. The molecule has 1 aliphatic rings. The molecule has 1 unspecified atom stereocenters. The zero-order chi connectivity index (χ0) is 12.4. The van der Waals surface area contributed by atoms with Crippen LogP contribution >= 0.6 is 0 Å². The lowest BCUT2D eigenvalue weighted by atomic mass is 9.96. The van der Waals surface area contributed by atoms with Crippen LogP contribution in [0.4, 0.5) is 0 Å². The van der Waals surface area contributed by atoms with Gasteiger partial charge < -0.3 is 4.74 Å². The van der Waals surface area contributed by atoms with Crippen molar-refractivity contribution in [2.75, 3.05) is 7.11 Å². The molecule has 0 saturated heterocycles. The number of hydrogen-bond donors (Lipinski definition) is 0. The van der Waals surface area contributed by atoms with Crippen molar-refractivity contribution in [2.24, 2.45) is 5.92 Å². The molecular formula is C14H16O3. The molecule has 1 atom stereocenters. The molecule has 0 N–H and O–H groups in total. The molecule has 1 aromatic rings. The Kier molecular flexibility index (Phi) is 3.27. The topological polar surface area (TPSA) is 43.4 Å². The summed E-state index contributed by atoms with van der Waals surface area (Å²) < 4.78 is 4.59. The highest BCUT2D eigenvalue weighted by Crippen LogP contribution is 2.24. The number of carbonyl (C=O) groups is 2. The summed E-state index contributed by atoms with van der Waals surface area (Å²) in [4.78, 5) is 23.4. The van der Waals surface area contributed by atoms with E-state index in [1.165, 1.54) is 18.2 Å². The van der Waals surface area contributed by atoms with Gasteiger partial charge in [-0.15, -0.1) is 0 Å². The molecule has 0 amide bonds. The van der Waals surface area contributed by atoms with E-state index >= 15 is 0 Å². The normalized spacial score (nSPS) is 15.2. The Morgan fingerprint density at radius 1 is 1.24 bits per heavy atom. The number of rotatable bonds is 3. The monoisotopic (exact) mass is 232 g/mol. The summed E-state index contributed by atoms with van der Waals surface area (Å²) in [6, 6.07) is 5.73. The highest BCUT2D eigenvalue weighted by molar-refractivity contribution is 6.08. The molecule has 0 spiro atoms. The minimum Gasteiger partial charge on any atom is -0.468 e. The third kappa shape index (κ3) is 2.23. The van der Waals surface area contributed by atoms with E-state index in [-0.39, 0.29) is 5.78 Å². The van der Waals surface area contributed by atoms with Crippen molar-refractivity contribution < 1.29 is 14.3 Å². The summed E-state index contributed by atoms with van der Waals surface area (Å²) in [5.74, 6) is -1.36. The maximum absolute atomic E-state index is 12.0. The van der Waals surface area contributed by atoms with Gasteiger partial charge in [-0.05, 0) is 43.4 Å². The van der Waals surface area contributed by atoms with Gasteiger partial charge in [-0.1, -0.05) is 12.1 Å². The molecule has 90 valence electrons.